The summed E-state index contributed by atoms with van der Waals surface area (Å²) >= 11 is 0. The fourth-order valence-corrected chi connectivity index (χ4v) is 5.62. The molecule has 64 heavy (non-hydrogen) atoms. The van der Waals surface area contributed by atoms with Crippen LogP contribution in [0.15, 0.2) is 135 Å². The summed E-state index contributed by atoms with van der Waals surface area (Å²) in [6.07, 6.45) is 10.8. The number of carbonyl (C=O) groups excluding carboxylic acids is 1. The first-order valence-corrected chi connectivity index (χ1v) is 18.7. The summed E-state index contributed by atoms with van der Waals surface area (Å²) in [4.78, 5) is 70.5. The number of anilines is 8. The summed E-state index contributed by atoms with van der Waals surface area (Å²) in [5.74, 6) is -2.72. The first-order chi connectivity index (χ1) is 30.7. The van der Waals surface area contributed by atoms with Gasteiger partial charge in [-0.25, -0.2) is 23.5 Å². The number of nitrogens with one attached hydrogen (secondary N) is 4. The third kappa shape index (κ3) is 11.0. The number of aromatic nitrogens is 10. The third-order valence-corrected chi connectivity index (χ3v) is 8.79. The standard InChI is InChI=1S/2C21H17N7O4/c2*1-27-10-11-28(12-27)21-25-19(22-15-6-2-13(3-7-15)17(29)30)24-20(26-21)23-16-8-4-14(5-9-16)18(31)32/h2*2-12H,1H3,(H3-,22,23,24,25,26,29,30,31,32)/p+1. The van der Waals surface area contributed by atoms with Crippen molar-refractivity contribution in [1.29, 1.82) is 0 Å². The minimum absolute atomic E-state index is 0.0545. The van der Waals surface area contributed by atoms with Crippen LogP contribution in [-0.2, 0) is 14.1 Å². The van der Waals surface area contributed by atoms with Crippen LogP contribution >= 0.6 is 0 Å². The zero-order chi connectivity index (χ0) is 45.3. The van der Waals surface area contributed by atoms with Gasteiger partial charge < -0.3 is 46.5 Å². The van der Waals surface area contributed by atoms with Crippen molar-refractivity contribution in [3.63, 3.8) is 0 Å². The SMILES string of the molecule is C[n+]1ccn(-c2nc(Nc3ccc(C(=O)O)cc3)nc(Nc3ccc(C(=O)O)cc3)n2)c1.C[n+]1ccn(-c2nc(Nc3ccc(C(=O)[O-])cc3)nc(Nc3ccc(C(=O)O)cc3)n2)c1. The van der Waals surface area contributed by atoms with Crippen molar-refractivity contribution in [3.8, 4) is 11.9 Å². The van der Waals surface area contributed by atoms with Gasteiger partial charge in [0.1, 0.15) is 24.8 Å². The highest BCUT2D eigenvalue weighted by Crippen LogP contribution is 2.22. The highest BCUT2D eigenvalue weighted by atomic mass is 16.4. The number of rotatable bonds is 14. The molecular weight excluding hydrogens is 829 g/mol. The molecule has 0 aliphatic heterocycles. The van der Waals surface area contributed by atoms with E-state index in [0.717, 1.165) is 0 Å². The van der Waals surface area contributed by atoms with E-state index in [0.29, 0.717) is 34.6 Å². The Bertz CT molecular complexity index is 2620. The van der Waals surface area contributed by atoms with E-state index < -0.39 is 23.9 Å². The Hall–Kier alpha value is -9.60. The molecule has 4 heterocycles. The molecule has 4 aromatic heterocycles. The van der Waals surface area contributed by atoms with Crippen LogP contribution in [0.4, 0.5) is 46.5 Å². The zero-order valence-corrected chi connectivity index (χ0v) is 33.6. The Labute approximate surface area is 361 Å². The summed E-state index contributed by atoms with van der Waals surface area (Å²) in [6, 6.07) is 24.5. The number of aryl methyl sites for hydroxylation is 2. The molecule has 320 valence electrons. The van der Waals surface area contributed by atoms with E-state index in [4.69, 9.17) is 15.3 Å². The molecule has 0 aliphatic rings. The van der Waals surface area contributed by atoms with E-state index in [1.165, 1.54) is 48.5 Å². The van der Waals surface area contributed by atoms with Crippen LogP contribution in [0.25, 0.3) is 11.9 Å². The average Bonchev–Trinajstić information content (AvgIpc) is 3.92. The van der Waals surface area contributed by atoms with Gasteiger partial charge in [-0.05, 0) is 90.5 Å². The molecule has 0 aliphatic carbocycles. The molecule has 8 aromatic rings. The van der Waals surface area contributed by atoms with Crippen LogP contribution in [0, 0.1) is 0 Å². The molecule has 7 N–H and O–H groups in total. The summed E-state index contributed by atoms with van der Waals surface area (Å²) in [5, 5.41) is 50.3. The third-order valence-electron chi connectivity index (χ3n) is 8.79. The maximum atomic E-state index is 11.1. The van der Waals surface area contributed by atoms with Gasteiger partial charge in [-0.1, -0.05) is 12.1 Å². The number of carboxylic acid groups (broad SMARTS) is 4. The second-order valence-electron chi connectivity index (χ2n) is 13.6. The van der Waals surface area contributed by atoms with Crippen molar-refractivity contribution >= 4 is 70.4 Å². The van der Waals surface area contributed by atoms with E-state index in [9.17, 15) is 24.3 Å². The predicted molar refractivity (Wildman–Crippen MR) is 225 cm³/mol. The summed E-state index contributed by atoms with van der Waals surface area (Å²) in [6.45, 7) is 0. The minimum Gasteiger partial charge on any atom is -0.545 e. The molecule has 0 atom stereocenters. The van der Waals surface area contributed by atoms with Crippen molar-refractivity contribution in [2.75, 3.05) is 21.3 Å². The van der Waals surface area contributed by atoms with Crippen molar-refractivity contribution in [1.82, 2.24) is 39.0 Å². The van der Waals surface area contributed by atoms with Gasteiger partial charge in [-0.2, -0.15) is 39.0 Å². The van der Waals surface area contributed by atoms with Crippen molar-refractivity contribution in [3.05, 3.63) is 157 Å². The number of imidazole rings is 2. The molecule has 0 saturated carbocycles. The van der Waals surface area contributed by atoms with Gasteiger partial charge in [0.05, 0.1) is 36.8 Å². The van der Waals surface area contributed by atoms with Crippen LogP contribution in [0.2, 0.25) is 0 Å². The van der Waals surface area contributed by atoms with Gasteiger partial charge in [0, 0.05) is 22.7 Å². The number of benzene rings is 4. The summed E-state index contributed by atoms with van der Waals surface area (Å²) in [7, 11) is 3.73. The molecule has 0 spiro atoms. The second-order valence-corrected chi connectivity index (χ2v) is 13.6. The molecule has 4 aromatic carbocycles. The van der Waals surface area contributed by atoms with Crippen LogP contribution < -0.4 is 35.5 Å². The van der Waals surface area contributed by atoms with Crippen molar-refractivity contribution in [2.45, 2.75) is 0 Å². The number of hydrogen-bond donors (Lipinski definition) is 7. The topological polar surface area (TPSA) is 295 Å². The van der Waals surface area contributed by atoms with Gasteiger partial charge in [0.2, 0.25) is 23.8 Å². The van der Waals surface area contributed by atoms with Crippen LogP contribution in [-0.4, -0.2) is 78.2 Å². The quantitative estimate of drug-likeness (QED) is 0.0771. The van der Waals surface area contributed by atoms with Crippen LogP contribution in [0.3, 0.4) is 0 Å². The fraction of sp³-hybridized carbons (Fsp3) is 0.0476. The number of hydrogen-bond acceptors (Lipinski definition) is 15. The molecule has 0 unspecified atom stereocenters. The monoisotopic (exact) mass is 863 g/mol. The highest BCUT2D eigenvalue weighted by Gasteiger charge is 2.16. The minimum atomic E-state index is -1.26. The number of nitrogens with zero attached hydrogens (tertiary/aromatic N) is 10. The summed E-state index contributed by atoms with van der Waals surface area (Å²) < 4.78 is 7.07. The van der Waals surface area contributed by atoms with Gasteiger partial charge in [0.25, 0.3) is 12.7 Å². The first kappa shape index (κ1) is 42.5. The molecule has 0 amide bonds. The van der Waals surface area contributed by atoms with Crippen LogP contribution in [0.5, 0.6) is 0 Å². The Morgan fingerprint density at radius 2 is 0.719 bits per heavy atom. The fourth-order valence-electron chi connectivity index (χ4n) is 5.62. The van der Waals surface area contributed by atoms with Crippen LogP contribution in [0.1, 0.15) is 41.4 Å². The lowest BCUT2D eigenvalue weighted by Crippen LogP contribution is -2.23. The second kappa shape index (κ2) is 18.8. The Kier molecular flexibility index (Phi) is 12.5. The lowest BCUT2D eigenvalue weighted by atomic mass is 10.2. The Morgan fingerprint density at radius 1 is 0.453 bits per heavy atom. The molecule has 0 radical (unpaired) electrons. The number of carbonyl (C=O) groups is 4. The lowest BCUT2D eigenvalue weighted by molar-refractivity contribution is -0.670. The number of carboxylic acids is 4. The van der Waals surface area contributed by atoms with Crippen molar-refractivity contribution < 1.29 is 48.7 Å². The molecule has 0 bridgehead atoms. The molecule has 22 nitrogen and oxygen atoms in total. The number of aromatic carboxylic acids is 4. The maximum absolute atomic E-state index is 11.1. The molecule has 0 fully saturated rings. The average molecular weight is 864 g/mol. The van der Waals surface area contributed by atoms with E-state index in [-0.39, 0.29) is 46.0 Å². The Morgan fingerprint density at radius 3 is 0.938 bits per heavy atom. The van der Waals surface area contributed by atoms with Gasteiger partial charge >= 0.3 is 29.8 Å². The normalized spacial score (nSPS) is 10.5. The Balaban J connectivity index is 0.000000191. The zero-order valence-electron chi connectivity index (χ0n) is 33.6. The van der Waals surface area contributed by atoms with Gasteiger partial charge in [-0.15, -0.1) is 0 Å². The maximum Gasteiger partial charge on any atom is 0.335 e. The first-order valence-electron chi connectivity index (χ1n) is 18.7. The largest absolute Gasteiger partial charge is 0.545 e. The van der Waals surface area contributed by atoms with E-state index >= 15 is 0 Å². The smallest absolute Gasteiger partial charge is 0.335 e. The predicted octanol–water partition coefficient (Wildman–Crippen LogP) is 3.41. The van der Waals surface area contributed by atoms with E-state index in [1.54, 1.807) is 82.7 Å². The molecule has 0 saturated heterocycles. The molecular formula is C42H35N14O8+. The van der Waals surface area contributed by atoms with E-state index in [1.807, 2.05) is 35.6 Å². The molecule has 22 heteroatoms. The summed E-state index contributed by atoms with van der Waals surface area (Å²) in [5.41, 5.74) is 2.91. The highest BCUT2D eigenvalue weighted by molar-refractivity contribution is 5.89. The lowest BCUT2D eigenvalue weighted by Gasteiger charge is -2.10. The van der Waals surface area contributed by atoms with Gasteiger partial charge in [-0.3, -0.25) is 0 Å². The van der Waals surface area contributed by atoms with E-state index in [2.05, 4.69) is 51.2 Å². The van der Waals surface area contributed by atoms with Gasteiger partial charge in [0.15, 0.2) is 0 Å². The molecule has 8 rings (SSSR count). The van der Waals surface area contributed by atoms with Crippen molar-refractivity contribution in [2.24, 2.45) is 14.1 Å².